The summed E-state index contributed by atoms with van der Waals surface area (Å²) >= 11 is 5.85. The van der Waals surface area contributed by atoms with Gasteiger partial charge in [-0.25, -0.2) is 13.1 Å². The van der Waals surface area contributed by atoms with E-state index in [0.29, 0.717) is 30.5 Å². The first kappa shape index (κ1) is 22.4. The molecule has 8 nitrogen and oxygen atoms in total. The molecule has 1 saturated heterocycles. The van der Waals surface area contributed by atoms with Crippen LogP contribution >= 0.6 is 11.6 Å². The highest BCUT2D eigenvalue weighted by molar-refractivity contribution is 7.89. The topological polar surface area (TPSA) is 103 Å². The zero-order chi connectivity index (χ0) is 20.6. The Labute approximate surface area is 171 Å². The van der Waals surface area contributed by atoms with Gasteiger partial charge in [0.05, 0.1) is 11.4 Å². The number of halogens is 1. The number of nitrogens with one attached hydrogen (secondary N) is 3. The van der Waals surface area contributed by atoms with E-state index in [2.05, 4.69) is 20.3 Å². The van der Waals surface area contributed by atoms with Gasteiger partial charge in [-0.1, -0.05) is 24.6 Å². The summed E-state index contributed by atoms with van der Waals surface area (Å²) in [4.78, 5) is 18.2. The van der Waals surface area contributed by atoms with Gasteiger partial charge >= 0.3 is 0 Å². The minimum Gasteiger partial charge on any atom is -0.357 e. The number of hydrogen-bond acceptors (Lipinski definition) is 4. The van der Waals surface area contributed by atoms with E-state index in [0.717, 1.165) is 13.0 Å². The molecule has 28 heavy (non-hydrogen) atoms. The number of carbonyl (C=O) groups excluding carboxylic acids is 1. The number of guanidine groups is 1. The van der Waals surface area contributed by atoms with E-state index in [9.17, 15) is 13.2 Å². The number of hydrogen-bond donors (Lipinski definition) is 3. The highest BCUT2D eigenvalue weighted by atomic mass is 35.5. The zero-order valence-electron chi connectivity index (χ0n) is 16.2. The third-order valence-electron chi connectivity index (χ3n) is 4.31. The van der Waals surface area contributed by atoms with E-state index in [4.69, 9.17) is 11.6 Å². The first-order valence-electron chi connectivity index (χ1n) is 9.43. The van der Waals surface area contributed by atoms with Crippen LogP contribution in [0.5, 0.6) is 0 Å². The maximum atomic E-state index is 12.3. The number of amides is 1. The Balaban J connectivity index is 1.86. The normalized spacial score (nSPS) is 17.6. The lowest BCUT2D eigenvalue weighted by Crippen LogP contribution is -2.45. The molecule has 1 amide bonds. The van der Waals surface area contributed by atoms with Crippen LogP contribution in [0.25, 0.3) is 0 Å². The van der Waals surface area contributed by atoms with E-state index in [1.54, 1.807) is 12.1 Å². The Morgan fingerprint density at radius 3 is 2.82 bits per heavy atom. The SMILES string of the molecule is CCNC(=NCCNS(=O)(=O)c1cccc(Cl)c1)NC1CCN(C(=O)CC)C1. The highest BCUT2D eigenvalue weighted by Gasteiger charge is 2.25. The molecular formula is C18H28ClN5O3S. The second-order valence-corrected chi connectivity index (χ2v) is 8.64. The maximum Gasteiger partial charge on any atom is 0.240 e. The molecule has 1 unspecified atom stereocenters. The molecule has 0 spiro atoms. The molecule has 0 radical (unpaired) electrons. The number of likely N-dealkylation sites (tertiary alicyclic amines) is 1. The van der Waals surface area contributed by atoms with Crippen LogP contribution < -0.4 is 15.4 Å². The molecule has 0 saturated carbocycles. The standard InChI is InChI=1S/C18H28ClN5O3S/c1-3-17(25)24-11-8-15(13-24)23-18(20-4-2)21-9-10-22-28(26,27)16-7-5-6-14(19)12-16/h5-7,12,15,22H,3-4,8-11,13H2,1-2H3,(H2,20,21,23). The predicted molar refractivity (Wildman–Crippen MR) is 111 cm³/mol. The molecule has 1 aromatic rings. The number of carbonyl (C=O) groups is 1. The fourth-order valence-corrected chi connectivity index (χ4v) is 4.23. The molecule has 1 fully saturated rings. The van der Waals surface area contributed by atoms with Gasteiger partial charge in [-0.05, 0) is 31.5 Å². The fourth-order valence-electron chi connectivity index (χ4n) is 2.91. The van der Waals surface area contributed by atoms with E-state index >= 15 is 0 Å². The zero-order valence-corrected chi connectivity index (χ0v) is 17.8. The molecule has 3 N–H and O–H groups in total. The van der Waals surface area contributed by atoms with Gasteiger partial charge < -0.3 is 15.5 Å². The molecule has 0 bridgehead atoms. The maximum absolute atomic E-state index is 12.3. The molecule has 1 aliphatic rings. The molecule has 10 heteroatoms. The third kappa shape index (κ3) is 6.65. The van der Waals surface area contributed by atoms with E-state index in [1.807, 2.05) is 18.7 Å². The first-order valence-corrected chi connectivity index (χ1v) is 11.3. The van der Waals surface area contributed by atoms with E-state index in [-0.39, 0.29) is 29.9 Å². The Morgan fingerprint density at radius 1 is 1.36 bits per heavy atom. The Morgan fingerprint density at radius 2 is 2.14 bits per heavy atom. The summed E-state index contributed by atoms with van der Waals surface area (Å²) in [6, 6.07) is 6.25. The Kier molecular flexibility index (Phi) is 8.53. The van der Waals surface area contributed by atoms with Gasteiger partial charge in [0, 0.05) is 43.7 Å². The molecule has 1 heterocycles. The molecule has 156 valence electrons. The summed E-state index contributed by atoms with van der Waals surface area (Å²) in [6.45, 7) is 6.34. The summed E-state index contributed by atoms with van der Waals surface area (Å²) in [5.41, 5.74) is 0. The number of benzene rings is 1. The highest BCUT2D eigenvalue weighted by Crippen LogP contribution is 2.15. The summed E-state index contributed by atoms with van der Waals surface area (Å²) in [7, 11) is -3.62. The third-order valence-corrected chi connectivity index (χ3v) is 6.00. The van der Waals surface area contributed by atoms with Gasteiger partial charge in [0.15, 0.2) is 5.96 Å². The van der Waals surface area contributed by atoms with E-state index in [1.165, 1.54) is 12.1 Å². The van der Waals surface area contributed by atoms with Crippen molar-refractivity contribution in [2.75, 3.05) is 32.7 Å². The van der Waals surface area contributed by atoms with Gasteiger partial charge in [-0.15, -0.1) is 0 Å². The van der Waals surface area contributed by atoms with Crippen molar-refractivity contribution in [3.05, 3.63) is 29.3 Å². The number of rotatable bonds is 8. The average Bonchev–Trinajstić information content (AvgIpc) is 3.13. The molecule has 1 atom stereocenters. The summed E-state index contributed by atoms with van der Waals surface area (Å²) in [5, 5.41) is 6.83. The fraction of sp³-hybridized carbons (Fsp3) is 0.556. The van der Waals surface area contributed by atoms with Crippen molar-refractivity contribution in [1.29, 1.82) is 0 Å². The number of aliphatic imine (C=N–C) groups is 1. The van der Waals surface area contributed by atoms with Crippen LogP contribution in [0.1, 0.15) is 26.7 Å². The average molecular weight is 430 g/mol. The molecule has 0 aliphatic carbocycles. The molecular weight excluding hydrogens is 402 g/mol. The lowest BCUT2D eigenvalue weighted by Gasteiger charge is -2.18. The van der Waals surface area contributed by atoms with Gasteiger partial charge in [0.2, 0.25) is 15.9 Å². The lowest BCUT2D eigenvalue weighted by molar-refractivity contribution is -0.129. The van der Waals surface area contributed by atoms with Crippen LogP contribution in [0.2, 0.25) is 5.02 Å². The van der Waals surface area contributed by atoms with Crippen molar-refractivity contribution < 1.29 is 13.2 Å². The molecule has 1 aliphatic heterocycles. The second kappa shape index (κ2) is 10.6. The van der Waals surface area contributed by atoms with Gasteiger partial charge in [0.1, 0.15) is 0 Å². The van der Waals surface area contributed by atoms with Gasteiger partial charge in [-0.3, -0.25) is 9.79 Å². The van der Waals surface area contributed by atoms with Crippen LogP contribution in [-0.4, -0.2) is 64.0 Å². The monoisotopic (exact) mass is 429 g/mol. The Bertz CT molecular complexity index is 800. The van der Waals surface area contributed by atoms with Crippen molar-refractivity contribution in [3.8, 4) is 0 Å². The quantitative estimate of drug-likeness (QED) is 0.327. The minimum atomic E-state index is -3.62. The van der Waals surface area contributed by atoms with Gasteiger partial charge in [0.25, 0.3) is 0 Å². The summed E-state index contributed by atoms with van der Waals surface area (Å²) in [6.07, 6.45) is 1.37. The van der Waals surface area contributed by atoms with Crippen molar-refractivity contribution >= 4 is 33.5 Å². The summed E-state index contributed by atoms with van der Waals surface area (Å²) in [5.74, 6) is 0.766. The van der Waals surface area contributed by atoms with Crippen LogP contribution in [-0.2, 0) is 14.8 Å². The van der Waals surface area contributed by atoms with Crippen molar-refractivity contribution in [1.82, 2.24) is 20.3 Å². The first-order chi connectivity index (χ1) is 13.4. The van der Waals surface area contributed by atoms with Crippen molar-refractivity contribution in [2.24, 2.45) is 4.99 Å². The second-order valence-electron chi connectivity index (χ2n) is 6.44. The smallest absolute Gasteiger partial charge is 0.240 e. The van der Waals surface area contributed by atoms with Crippen LogP contribution in [0.3, 0.4) is 0 Å². The largest absolute Gasteiger partial charge is 0.357 e. The molecule has 2 rings (SSSR count). The minimum absolute atomic E-state index is 0.126. The van der Waals surface area contributed by atoms with Gasteiger partial charge in [-0.2, -0.15) is 0 Å². The van der Waals surface area contributed by atoms with Crippen LogP contribution in [0.4, 0.5) is 0 Å². The molecule has 0 aromatic heterocycles. The number of sulfonamides is 1. The van der Waals surface area contributed by atoms with Crippen LogP contribution in [0, 0.1) is 0 Å². The lowest BCUT2D eigenvalue weighted by atomic mass is 10.3. The number of nitrogens with zero attached hydrogens (tertiary/aromatic N) is 2. The van der Waals surface area contributed by atoms with Crippen molar-refractivity contribution in [2.45, 2.75) is 37.6 Å². The van der Waals surface area contributed by atoms with Crippen LogP contribution in [0.15, 0.2) is 34.2 Å². The molecule has 1 aromatic carbocycles. The Hall–Kier alpha value is -1.84. The van der Waals surface area contributed by atoms with Crippen molar-refractivity contribution in [3.63, 3.8) is 0 Å². The predicted octanol–water partition coefficient (Wildman–Crippen LogP) is 1.18. The summed E-state index contributed by atoms with van der Waals surface area (Å²) < 4.78 is 27.1. The van der Waals surface area contributed by atoms with E-state index < -0.39 is 10.0 Å².